The first kappa shape index (κ1) is 21.0. The normalized spacial score (nSPS) is 19.6. The van der Waals surface area contributed by atoms with Crippen molar-refractivity contribution < 1.29 is 8.78 Å². The second-order valence-corrected chi connectivity index (χ2v) is 8.39. The van der Waals surface area contributed by atoms with Crippen LogP contribution in [0.1, 0.15) is 44.7 Å². The lowest BCUT2D eigenvalue weighted by Crippen LogP contribution is -2.40. The third-order valence-corrected chi connectivity index (χ3v) is 5.98. The first-order chi connectivity index (χ1) is 14.7. The number of fused-ring (bicyclic) bond motifs is 1. The molecule has 3 aromatic rings. The van der Waals surface area contributed by atoms with Gasteiger partial charge in [0.1, 0.15) is 17.5 Å². The van der Waals surface area contributed by atoms with Gasteiger partial charge in [0.2, 0.25) is 0 Å². The van der Waals surface area contributed by atoms with Gasteiger partial charge in [0.25, 0.3) is 0 Å². The summed E-state index contributed by atoms with van der Waals surface area (Å²) in [6, 6.07) is 5.50. The van der Waals surface area contributed by atoms with Crippen LogP contribution in [0.5, 0.6) is 0 Å². The molecule has 1 saturated heterocycles. The lowest BCUT2D eigenvalue weighted by Gasteiger charge is -2.37. The van der Waals surface area contributed by atoms with E-state index in [1.807, 2.05) is 31.7 Å². The van der Waals surface area contributed by atoms with Gasteiger partial charge in [-0.15, -0.1) is 0 Å². The Morgan fingerprint density at radius 2 is 2.06 bits per heavy atom. The summed E-state index contributed by atoms with van der Waals surface area (Å²) in [5, 5.41) is 5.85. The molecule has 0 radical (unpaired) electrons. The van der Waals surface area contributed by atoms with Crippen molar-refractivity contribution >= 4 is 17.2 Å². The lowest BCUT2D eigenvalue weighted by molar-refractivity contribution is 0.324. The summed E-state index contributed by atoms with van der Waals surface area (Å²) in [5.41, 5.74) is 7.54. The number of benzene rings is 1. The Bertz CT molecular complexity index is 1140. The minimum Gasteiger partial charge on any atom is -0.397 e. The summed E-state index contributed by atoms with van der Waals surface area (Å²) in [7, 11) is 0. The topological polar surface area (TPSA) is 88.7 Å². The third-order valence-electron chi connectivity index (χ3n) is 5.98. The number of hydrogen-bond acceptors (Lipinski definition) is 6. The number of hydrazine groups is 1. The lowest BCUT2D eigenvalue weighted by atomic mass is 9.88. The number of nitrogens with two attached hydrogens (primary N) is 2. The fourth-order valence-electron chi connectivity index (χ4n) is 4.11. The predicted octanol–water partition coefficient (Wildman–Crippen LogP) is 3.36. The fraction of sp³-hybridized carbons (Fsp3) is 0.364. The minimum atomic E-state index is -0.717. The van der Waals surface area contributed by atoms with Crippen LogP contribution >= 0.6 is 0 Å². The Hall–Kier alpha value is -3.20. The van der Waals surface area contributed by atoms with Crippen LogP contribution in [0.25, 0.3) is 11.3 Å². The van der Waals surface area contributed by atoms with Crippen LogP contribution in [0, 0.1) is 11.6 Å². The van der Waals surface area contributed by atoms with Crippen molar-refractivity contribution in [2.45, 2.75) is 45.2 Å². The average Bonchev–Trinajstić information content (AvgIpc) is 3.33. The third kappa shape index (κ3) is 3.69. The van der Waals surface area contributed by atoms with Crippen LogP contribution in [-0.2, 0) is 5.54 Å². The molecule has 0 aliphatic carbocycles. The van der Waals surface area contributed by atoms with Crippen molar-refractivity contribution in [1.29, 1.82) is 0 Å². The molecule has 4 rings (SSSR count). The molecule has 1 aliphatic rings. The van der Waals surface area contributed by atoms with Gasteiger partial charge in [0.05, 0.1) is 23.0 Å². The quantitative estimate of drug-likeness (QED) is 0.480. The monoisotopic (exact) mass is 427 g/mol. The number of anilines is 1. The van der Waals surface area contributed by atoms with Crippen LogP contribution in [-0.4, -0.2) is 32.2 Å². The van der Waals surface area contributed by atoms with E-state index in [0.717, 1.165) is 12.5 Å². The minimum absolute atomic E-state index is 0.0791. The van der Waals surface area contributed by atoms with Crippen LogP contribution in [0.15, 0.2) is 42.9 Å². The van der Waals surface area contributed by atoms with Gasteiger partial charge in [-0.05, 0) is 57.9 Å². The zero-order valence-electron chi connectivity index (χ0n) is 17.9. The molecule has 2 aromatic heterocycles. The van der Waals surface area contributed by atoms with Gasteiger partial charge in [-0.3, -0.25) is 0 Å². The molecule has 4 N–H and O–H groups in total. The first-order valence-corrected chi connectivity index (χ1v) is 10.3. The molecule has 9 heteroatoms. The van der Waals surface area contributed by atoms with E-state index in [2.05, 4.69) is 5.10 Å². The van der Waals surface area contributed by atoms with Gasteiger partial charge < -0.3 is 15.6 Å². The van der Waals surface area contributed by atoms with Gasteiger partial charge in [-0.1, -0.05) is 0 Å². The number of hydrogen-bond donors (Lipinski definition) is 2. The molecule has 1 aliphatic heterocycles. The molecule has 3 heterocycles. The molecule has 164 valence electrons. The maximum absolute atomic E-state index is 14.6. The Morgan fingerprint density at radius 3 is 2.81 bits per heavy atom. The van der Waals surface area contributed by atoms with Gasteiger partial charge in [-0.25, -0.2) is 24.1 Å². The highest BCUT2D eigenvalue weighted by molar-refractivity contribution is 5.74. The second kappa shape index (κ2) is 7.81. The summed E-state index contributed by atoms with van der Waals surface area (Å²) < 4.78 is 30.2. The van der Waals surface area contributed by atoms with Crippen LogP contribution < -0.4 is 16.5 Å². The van der Waals surface area contributed by atoms with Gasteiger partial charge in [0, 0.05) is 30.5 Å². The van der Waals surface area contributed by atoms with Gasteiger partial charge in [-0.2, -0.15) is 5.10 Å². The van der Waals surface area contributed by atoms with Crippen LogP contribution in [0.4, 0.5) is 14.6 Å². The average molecular weight is 428 g/mol. The SMILES string of the molecule is CC(C)N(N)/C=C(\N)c1cnn2ccc(N3CCC[C@]3(C)c3cc(F)ccc3F)nc12. The molecule has 1 fully saturated rings. The van der Waals surface area contributed by atoms with Crippen LogP contribution in [0.3, 0.4) is 0 Å². The highest BCUT2D eigenvalue weighted by Crippen LogP contribution is 2.42. The van der Waals surface area contributed by atoms with Crippen molar-refractivity contribution in [1.82, 2.24) is 19.6 Å². The van der Waals surface area contributed by atoms with Crippen molar-refractivity contribution in [2.75, 3.05) is 11.4 Å². The Kier molecular flexibility index (Phi) is 5.30. The van der Waals surface area contributed by atoms with E-state index in [4.69, 9.17) is 16.6 Å². The van der Waals surface area contributed by atoms with E-state index >= 15 is 0 Å². The fourth-order valence-corrected chi connectivity index (χ4v) is 4.11. The maximum atomic E-state index is 14.6. The Labute approximate surface area is 179 Å². The van der Waals surface area contributed by atoms with Crippen molar-refractivity contribution in [3.63, 3.8) is 0 Å². The van der Waals surface area contributed by atoms with E-state index < -0.39 is 17.2 Å². The van der Waals surface area contributed by atoms with E-state index in [-0.39, 0.29) is 6.04 Å². The zero-order chi connectivity index (χ0) is 22.3. The molecule has 1 aromatic carbocycles. The van der Waals surface area contributed by atoms with Gasteiger partial charge in [0.15, 0.2) is 5.65 Å². The van der Waals surface area contributed by atoms with Crippen molar-refractivity contribution in [2.24, 2.45) is 11.6 Å². The number of rotatable bonds is 5. The summed E-state index contributed by atoms with van der Waals surface area (Å²) in [5.74, 6) is 5.75. The van der Waals surface area contributed by atoms with Crippen LogP contribution in [0.2, 0.25) is 0 Å². The summed E-state index contributed by atoms with van der Waals surface area (Å²) in [6.07, 6.45) is 6.60. The first-order valence-electron chi connectivity index (χ1n) is 10.3. The van der Waals surface area contributed by atoms with E-state index in [1.54, 1.807) is 23.1 Å². The summed E-state index contributed by atoms with van der Waals surface area (Å²) in [4.78, 5) is 6.81. The van der Waals surface area contributed by atoms with Gasteiger partial charge >= 0.3 is 0 Å². The largest absolute Gasteiger partial charge is 0.397 e. The highest BCUT2D eigenvalue weighted by Gasteiger charge is 2.41. The van der Waals surface area contributed by atoms with Crippen molar-refractivity contribution in [3.05, 3.63) is 65.6 Å². The van der Waals surface area contributed by atoms with Crippen molar-refractivity contribution in [3.8, 4) is 0 Å². The standard InChI is InChI=1S/C22H27F2N7/c1-14(2)30(26)13-19(25)16-12-27-31-10-7-20(28-21(16)31)29-9-4-8-22(29,3)17-11-15(23)5-6-18(17)24/h5-7,10-14H,4,8-9,25-26H2,1-3H3/b19-13-/t22-/m1/s1. The van der Waals surface area contributed by atoms with E-state index in [1.165, 1.54) is 17.1 Å². The summed E-state index contributed by atoms with van der Waals surface area (Å²) in [6.45, 7) is 6.50. The smallest absolute Gasteiger partial charge is 0.166 e. The highest BCUT2D eigenvalue weighted by atomic mass is 19.1. The Morgan fingerprint density at radius 1 is 1.29 bits per heavy atom. The molecule has 0 spiro atoms. The molecule has 7 nitrogen and oxygen atoms in total. The molecule has 1 atom stereocenters. The number of halogens is 2. The maximum Gasteiger partial charge on any atom is 0.166 e. The molecule has 0 amide bonds. The van der Waals surface area contributed by atoms with E-state index in [0.29, 0.717) is 41.3 Å². The molecular weight excluding hydrogens is 400 g/mol. The summed E-state index contributed by atoms with van der Waals surface area (Å²) >= 11 is 0. The second-order valence-electron chi connectivity index (χ2n) is 8.39. The van der Waals surface area contributed by atoms with E-state index in [9.17, 15) is 8.78 Å². The molecule has 0 saturated carbocycles. The number of aromatic nitrogens is 3. The molecule has 0 unspecified atom stereocenters. The predicted molar refractivity (Wildman–Crippen MR) is 117 cm³/mol. The zero-order valence-corrected chi connectivity index (χ0v) is 17.9. The number of nitrogens with zero attached hydrogens (tertiary/aromatic N) is 5. The molecule has 0 bridgehead atoms. The molecule has 31 heavy (non-hydrogen) atoms. The Balaban J connectivity index is 1.77. The molecular formula is C22H27F2N7.